The fourth-order valence-electron chi connectivity index (χ4n) is 2.30. The van der Waals surface area contributed by atoms with Gasteiger partial charge in [-0.2, -0.15) is 5.10 Å². The Balaban J connectivity index is 1.73. The van der Waals surface area contributed by atoms with Gasteiger partial charge in [-0.15, -0.1) is 0 Å². The topological polar surface area (TPSA) is 89.2 Å². The van der Waals surface area contributed by atoms with Gasteiger partial charge in [-0.25, -0.2) is 4.68 Å². The van der Waals surface area contributed by atoms with Crippen molar-refractivity contribution in [3.63, 3.8) is 0 Å². The number of furan rings is 1. The summed E-state index contributed by atoms with van der Waals surface area (Å²) in [5, 5.41) is 4.25. The second kappa shape index (κ2) is 6.41. The lowest BCUT2D eigenvalue weighted by Crippen LogP contribution is -2.41. The first-order chi connectivity index (χ1) is 11.6. The van der Waals surface area contributed by atoms with E-state index in [9.17, 15) is 9.59 Å². The third kappa shape index (κ3) is 3.05. The van der Waals surface area contributed by atoms with Crippen LogP contribution in [-0.2, 0) is 0 Å². The maximum atomic E-state index is 12.2. The summed E-state index contributed by atoms with van der Waals surface area (Å²) in [4.78, 5) is 24.0. The molecule has 0 unspecified atom stereocenters. The van der Waals surface area contributed by atoms with Crippen LogP contribution in [0.2, 0.25) is 0 Å². The summed E-state index contributed by atoms with van der Waals surface area (Å²) in [5.74, 6) is -0.870. The summed E-state index contributed by atoms with van der Waals surface area (Å²) in [6.07, 6.45) is 2.85. The van der Waals surface area contributed by atoms with Crippen molar-refractivity contribution in [2.24, 2.45) is 0 Å². The molecular weight excluding hydrogens is 308 g/mol. The molecule has 0 atom stereocenters. The summed E-state index contributed by atoms with van der Waals surface area (Å²) in [6, 6.07) is 10.9. The van der Waals surface area contributed by atoms with Crippen LogP contribution in [0, 0.1) is 13.8 Å². The molecule has 3 rings (SSSR count). The van der Waals surface area contributed by atoms with E-state index < -0.39 is 11.8 Å². The number of carbonyl (C=O) groups is 2. The van der Waals surface area contributed by atoms with E-state index in [0.29, 0.717) is 11.3 Å². The molecule has 2 N–H and O–H groups in total. The molecule has 0 saturated carbocycles. The summed E-state index contributed by atoms with van der Waals surface area (Å²) in [6.45, 7) is 3.78. The van der Waals surface area contributed by atoms with Crippen LogP contribution >= 0.6 is 0 Å². The first kappa shape index (κ1) is 15.5. The van der Waals surface area contributed by atoms with Crippen LogP contribution in [0.25, 0.3) is 5.69 Å². The molecule has 0 aliphatic carbocycles. The molecule has 0 radical (unpaired) electrons. The average Bonchev–Trinajstić information content (AvgIpc) is 3.22. The zero-order chi connectivity index (χ0) is 17.1. The highest BCUT2D eigenvalue weighted by Gasteiger charge is 2.16. The summed E-state index contributed by atoms with van der Waals surface area (Å²) >= 11 is 0. The molecule has 0 spiro atoms. The molecule has 24 heavy (non-hydrogen) atoms. The molecule has 0 aliphatic rings. The summed E-state index contributed by atoms with van der Waals surface area (Å²) < 4.78 is 6.63. The van der Waals surface area contributed by atoms with Crippen molar-refractivity contribution in [1.82, 2.24) is 20.6 Å². The van der Waals surface area contributed by atoms with Crippen molar-refractivity contribution in [1.29, 1.82) is 0 Å². The molecule has 7 nitrogen and oxygen atoms in total. The molecule has 122 valence electrons. The minimum atomic E-state index is -0.530. The first-order valence-corrected chi connectivity index (χ1v) is 7.32. The number of hydrazine groups is 1. The van der Waals surface area contributed by atoms with Gasteiger partial charge in [-0.1, -0.05) is 12.1 Å². The zero-order valence-corrected chi connectivity index (χ0v) is 13.2. The third-order valence-corrected chi connectivity index (χ3v) is 3.54. The molecule has 2 heterocycles. The summed E-state index contributed by atoms with van der Waals surface area (Å²) in [5.41, 5.74) is 7.66. The molecule has 1 aromatic carbocycles. The van der Waals surface area contributed by atoms with Crippen LogP contribution in [0.5, 0.6) is 0 Å². The lowest BCUT2D eigenvalue weighted by molar-refractivity contribution is 0.0830. The SMILES string of the molecule is Cc1cccc(-n2ncc(C(=O)NNC(=O)c3ccco3)c2C)c1. The van der Waals surface area contributed by atoms with E-state index in [1.165, 1.54) is 18.5 Å². The van der Waals surface area contributed by atoms with Crippen molar-refractivity contribution < 1.29 is 14.0 Å². The van der Waals surface area contributed by atoms with Crippen LogP contribution in [0.1, 0.15) is 32.2 Å². The molecule has 0 bridgehead atoms. The molecule has 2 amide bonds. The smallest absolute Gasteiger partial charge is 0.305 e. The number of hydrogen-bond donors (Lipinski definition) is 2. The molecule has 0 fully saturated rings. The van der Waals surface area contributed by atoms with Crippen LogP contribution in [0.3, 0.4) is 0 Å². The van der Waals surface area contributed by atoms with Crippen LogP contribution in [-0.4, -0.2) is 21.6 Å². The predicted octanol–water partition coefficient (Wildman–Crippen LogP) is 2.16. The molecule has 2 aromatic heterocycles. The number of aryl methyl sites for hydroxylation is 1. The minimum absolute atomic E-state index is 0.113. The zero-order valence-electron chi connectivity index (χ0n) is 13.2. The van der Waals surface area contributed by atoms with Gasteiger partial charge in [0.25, 0.3) is 5.91 Å². The second-order valence-corrected chi connectivity index (χ2v) is 5.28. The van der Waals surface area contributed by atoms with E-state index in [4.69, 9.17) is 4.42 Å². The van der Waals surface area contributed by atoms with Gasteiger partial charge in [-0.05, 0) is 43.7 Å². The van der Waals surface area contributed by atoms with Gasteiger partial charge >= 0.3 is 5.91 Å². The Morgan fingerprint density at radius 2 is 1.88 bits per heavy atom. The molecule has 0 saturated heterocycles. The Morgan fingerprint density at radius 1 is 1.08 bits per heavy atom. The first-order valence-electron chi connectivity index (χ1n) is 7.32. The van der Waals surface area contributed by atoms with E-state index in [1.807, 2.05) is 31.2 Å². The molecule has 7 heteroatoms. The van der Waals surface area contributed by atoms with Gasteiger partial charge in [0.05, 0.1) is 29.4 Å². The van der Waals surface area contributed by atoms with Gasteiger partial charge in [-0.3, -0.25) is 20.4 Å². The Bertz CT molecular complexity index is 881. The third-order valence-electron chi connectivity index (χ3n) is 3.54. The number of nitrogens with zero attached hydrogens (tertiary/aromatic N) is 2. The molecular formula is C17H16N4O3. The normalized spacial score (nSPS) is 10.4. The Labute approximate surface area is 138 Å². The molecule has 3 aromatic rings. The van der Waals surface area contributed by atoms with Gasteiger partial charge in [0.1, 0.15) is 0 Å². The fourth-order valence-corrected chi connectivity index (χ4v) is 2.30. The lowest BCUT2D eigenvalue weighted by atomic mass is 10.2. The maximum Gasteiger partial charge on any atom is 0.305 e. The maximum absolute atomic E-state index is 12.2. The number of nitrogens with one attached hydrogen (secondary N) is 2. The van der Waals surface area contributed by atoms with Crippen LogP contribution in [0.15, 0.2) is 53.3 Å². The Hall–Kier alpha value is -3.35. The van der Waals surface area contributed by atoms with Gasteiger partial charge < -0.3 is 4.42 Å². The number of hydrogen-bond acceptors (Lipinski definition) is 4. The largest absolute Gasteiger partial charge is 0.459 e. The van der Waals surface area contributed by atoms with E-state index in [0.717, 1.165) is 11.3 Å². The number of carbonyl (C=O) groups excluding carboxylic acids is 2. The monoisotopic (exact) mass is 324 g/mol. The number of rotatable bonds is 3. The summed E-state index contributed by atoms with van der Waals surface area (Å²) in [7, 11) is 0. The molecule has 0 aliphatic heterocycles. The Morgan fingerprint density at radius 3 is 2.58 bits per heavy atom. The average molecular weight is 324 g/mol. The highest BCUT2D eigenvalue weighted by Crippen LogP contribution is 2.15. The number of benzene rings is 1. The highest BCUT2D eigenvalue weighted by atomic mass is 16.3. The van der Waals surface area contributed by atoms with Crippen molar-refractivity contribution in [2.45, 2.75) is 13.8 Å². The van der Waals surface area contributed by atoms with Crippen molar-refractivity contribution in [2.75, 3.05) is 0 Å². The van der Waals surface area contributed by atoms with E-state index in [1.54, 1.807) is 17.7 Å². The minimum Gasteiger partial charge on any atom is -0.459 e. The Kier molecular flexibility index (Phi) is 4.15. The predicted molar refractivity (Wildman–Crippen MR) is 86.7 cm³/mol. The van der Waals surface area contributed by atoms with Crippen molar-refractivity contribution in [3.8, 4) is 5.69 Å². The van der Waals surface area contributed by atoms with Gasteiger partial charge in [0.15, 0.2) is 5.76 Å². The van der Waals surface area contributed by atoms with Gasteiger partial charge in [0.2, 0.25) is 0 Å². The standard InChI is InChI=1S/C17H16N4O3/c1-11-5-3-6-13(9-11)21-12(2)14(10-18-21)16(22)19-20-17(23)15-7-4-8-24-15/h3-10H,1-2H3,(H,19,22)(H,20,23). The van der Waals surface area contributed by atoms with Crippen molar-refractivity contribution >= 4 is 11.8 Å². The number of aromatic nitrogens is 2. The second-order valence-electron chi connectivity index (χ2n) is 5.28. The fraction of sp³-hybridized carbons (Fsp3) is 0.118. The quantitative estimate of drug-likeness (QED) is 0.723. The van der Waals surface area contributed by atoms with E-state index in [-0.39, 0.29) is 5.76 Å². The van der Waals surface area contributed by atoms with E-state index in [2.05, 4.69) is 16.0 Å². The lowest BCUT2D eigenvalue weighted by Gasteiger charge is -2.07. The highest BCUT2D eigenvalue weighted by molar-refractivity contribution is 5.98. The van der Waals surface area contributed by atoms with Crippen molar-refractivity contribution in [3.05, 3.63) is 71.4 Å². The van der Waals surface area contributed by atoms with E-state index >= 15 is 0 Å². The van der Waals surface area contributed by atoms with Crippen LogP contribution in [0.4, 0.5) is 0 Å². The van der Waals surface area contributed by atoms with Gasteiger partial charge in [0, 0.05) is 0 Å². The van der Waals surface area contributed by atoms with Crippen LogP contribution < -0.4 is 10.9 Å². The number of amides is 2.